The van der Waals surface area contributed by atoms with E-state index in [1.807, 2.05) is 13.8 Å². The van der Waals surface area contributed by atoms with E-state index in [1.165, 1.54) is 18.1 Å². The zero-order valence-corrected chi connectivity index (χ0v) is 9.52. The number of amides is 2. The van der Waals surface area contributed by atoms with Gasteiger partial charge in [0.15, 0.2) is 5.69 Å². The van der Waals surface area contributed by atoms with Crippen LogP contribution in [0.15, 0.2) is 6.20 Å². The lowest BCUT2D eigenvalue weighted by Gasteiger charge is -2.16. The first-order valence-corrected chi connectivity index (χ1v) is 4.91. The molecule has 7 heteroatoms. The number of nitrogens with zero attached hydrogens (tertiary/aromatic N) is 3. The Morgan fingerprint density at radius 3 is 2.75 bits per heavy atom. The number of rotatable bonds is 4. The highest BCUT2D eigenvalue weighted by molar-refractivity contribution is 5.94. The first kappa shape index (κ1) is 12.2. The number of H-pyrrole nitrogens is 1. The number of nitrogens with one attached hydrogen (secondary N) is 2. The normalized spacial score (nSPS) is 10.2. The first-order valence-electron chi connectivity index (χ1n) is 4.91. The van der Waals surface area contributed by atoms with Crippen LogP contribution >= 0.6 is 0 Å². The summed E-state index contributed by atoms with van der Waals surface area (Å²) in [5.41, 5.74) is 0.194. The molecule has 0 radical (unpaired) electrons. The van der Waals surface area contributed by atoms with Gasteiger partial charge in [0, 0.05) is 13.1 Å². The van der Waals surface area contributed by atoms with Crippen LogP contribution in [-0.4, -0.2) is 51.8 Å². The van der Waals surface area contributed by atoms with Crippen molar-refractivity contribution in [1.29, 1.82) is 0 Å². The SMILES string of the molecule is CC(C)NC(=O)CN(C)C(=O)c1cn[nH]n1. The number of aromatic nitrogens is 3. The van der Waals surface area contributed by atoms with Crippen molar-refractivity contribution in [3.05, 3.63) is 11.9 Å². The number of aromatic amines is 1. The summed E-state index contributed by atoms with van der Waals surface area (Å²) in [4.78, 5) is 24.3. The lowest BCUT2D eigenvalue weighted by molar-refractivity contribution is -0.122. The molecule has 1 aromatic rings. The standard InChI is InChI=1S/C9H15N5O2/c1-6(2)11-8(15)5-14(3)9(16)7-4-10-13-12-7/h4,6H,5H2,1-3H3,(H,11,15)(H,10,12,13). The lowest BCUT2D eigenvalue weighted by Crippen LogP contribution is -2.40. The molecule has 0 aliphatic carbocycles. The smallest absolute Gasteiger partial charge is 0.276 e. The monoisotopic (exact) mass is 225 g/mol. The van der Waals surface area contributed by atoms with Crippen LogP contribution in [0.1, 0.15) is 24.3 Å². The Bertz CT molecular complexity index is 360. The maximum atomic E-state index is 11.7. The second-order valence-electron chi connectivity index (χ2n) is 3.74. The molecule has 7 nitrogen and oxygen atoms in total. The number of hydrogen-bond acceptors (Lipinski definition) is 4. The summed E-state index contributed by atoms with van der Waals surface area (Å²) in [5, 5.41) is 12.2. The molecule has 2 amide bonds. The minimum Gasteiger partial charge on any atom is -0.352 e. The predicted molar refractivity (Wildman–Crippen MR) is 56.6 cm³/mol. The van der Waals surface area contributed by atoms with Crippen molar-refractivity contribution in [3.8, 4) is 0 Å². The Balaban J connectivity index is 2.49. The molecule has 0 saturated carbocycles. The van der Waals surface area contributed by atoms with E-state index < -0.39 is 0 Å². The molecule has 0 saturated heterocycles. The number of likely N-dealkylation sites (N-methyl/N-ethyl adjacent to an activating group) is 1. The largest absolute Gasteiger partial charge is 0.352 e. The van der Waals surface area contributed by atoms with E-state index >= 15 is 0 Å². The van der Waals surface area contributed by atoms with Crippen molar-refractivity contribution >= 4 is 11.8 Å². The Labute approximate surface area is 93.2 Å². The van der Waals surface area contributed by atoms with Crippen molar-refractivity contribution in [2.75, 3.05) is 13.6 Å². The highest BCUT2D eigenvalue weighted by Crippen LogP contribution is 1.96. The van der Waals surface area contributed by atoms with Crippen LogP contribution in [-0.2, 0) is 4.79 Å². The maximum Gasteiger partial charge on any atom is 0.276 e. The summed E-state index contributed by atoms with van der Waals surface area (Å²) in [5.74, 6) is -0.540. The van der Waals surface area contributed by atoms with Gasteiger partial charge in [0.2, 0.25) is 5.91 Å². The van der Waals surface area contributed by atoms with E-state index in [0.29, 0.717) is 0 Å². The topological polar surface area (TPSA) is 91.0 Å². The van der Waals surface area contributed by atoms with Gasteiger partial charge in [-0.1, -0.05) is 0 Å². The summed E-state index contributed by atoms with van der Waals surface area (Å²) in [6.45, 7) is 3.72. The average molecular weight is 225 g/mol. The minimum absolute atomic E-state index is 0.00384. The van der Waals surface area contributed by atoms with Crippen LogP contribution in [0.25, 0.3) is 0 Å². The van der Waals surface area contributed by atoms with Crippen LogP contribution in [0.4, 0.5) is 0 Å². The first-order chi connectivity index (χ1) is 7.50. The fraction of sp³-hybridized carbons (Fsp3) is 0.556. The average Bonchev–Trinajstić information content (AvgIpc) is 2.67. The van der Waals surface area contributed by atoms with Gasteiger partial charge in [0.1, 0.15) is 0 Å². The molecule has 0 bridgehead atoms. The van der Waals surface area contributed by atoms with Crippen molar-refractivity contribution in [3.63, 3.8) is 0 Å². The van der Waals surface area contributed by atoms with Crippen LogP contribution in [0.3, 0.4) is 0 Å². The highest BCUT2D eigenvalue weighted by atomic mass is 16.2. The molecule has 1 rings (SSSR count). The van der Waals surface area contributed by atoms with Gasteiger partial charge in [-0.05, 0) is 13.8 Å². The predicted octanol–water partition coefficient (Wildman–Crippen LogP) is -0.599. The number of carbonyl (C=O) groups excluding carboxylic acids is 2. The van der Waals surface area contributed by atoms with Gasteiger partial charge in [-0.2, -0.15) is 15.4 Å². The highest BCUT2D eigenvalue weighted by Gasteiger charge is 2.17. The van der Waals surface area contributed by atoms with E-state index in [4.69, 9.17) is 0 Å². The summed E-state index contributed by atoms with van der Waals surface area (Å²) >= 11 is 0. The van der Waals surface area contributed by atoms with E-state index in [-0.39, 0.29) is 30.1 Å². The van der Waals surface area contributed by atoms with Gasteiger partial charge in [-0.25, -0.2) is 0 Å². The van der Waals surface area contributed by atoms with Crippen molar-refractivity contribution < 1.29 is 9.59 Å². The second kappa shape index (κ2) is 5.24. The Kier molecular flexibility index (Phi) is 3.98. The van der Waals surface area contributed by atoms with Crippen LogP contribution < -0.4 is 5.32 Å². The van der Waals surface area contributed by atoms with Gasteiger partial charge in [-0.15, -0.1) is 0 Å². The quantitative estimate of drug-likeness (QED) is 0.716. The Morgan fingerprint density at radius 2 is 2.25 bits per heavy atom. The molecule has 16 heavy (non-hydrogen) atoms. The van der Waals surface area contributed by atoms with Crippen molar-refractivity contribution in [2.45, 2.75) is 19.9 Å². The zero-order chi connectivity index (χ0) is 12.1. The lowest BCUT2D eigenvalue weighted by atomic mass is 10.3. The van der Waals surface area contributed by atoms with Crippen molar-refractivity contribution in [2.24, 2.45) is 0 Å². The van der Waals surface area contributed by atoms with E-state index in [1.54, 1.807) is 0 Å². The molecule has 0 aromatic carbocycles. The number of hydrogen-bond donors (Lipinski definition) is 2. The molecule has 1 heterocycles. The van der Waals surface area contributed by atoms with E-state index in [9.17, 15) is 9.59 Å². The minimum atomic E-state index is -0.340. The number of carbonyl (C=O) groups is 2. The molecule has 0 spiro atoms. The Morgan fingerprint density at radius 1 is 1.56 bits per heavy atom. The van der Waals surface area contributed by atoms with Crippen LogP contribution in [0, 0.1) is 0 Å². The molecule has 0 aliphatic heterocycles. The zero-order valence-electron chi connectivity index (χ0n) is 9.52. The van der Waals surface area contributed by atoms with E-state index in [2.05, 4.69) is 20.7 Å². The van der Waals surface area contributed by atoms with Crippen LogP contribution in [0.5, 0.6) is 0 Å². The summed E-state index contributed by atoms with van der Waals surface area (Å²) in [6, 6.07) is 0.0584. The van der Waals surface area contributed by atoms with E-state index in [0.717, 1.165) is 0 Å². The van der Waals surface area contributed by atoms with Crippen LogP contribution in [0.2, 0.25) is 0 Å². The molecule has 0 unspecified atom stereocenters. The summed E-state index contributed by atoms with van der Waals surface area (Å²) < 4.78 is 0. The summed E-state index contributed by atoms with van der Waals surface area (Å²) in [6.07, 6.45) is 1.32. The molecule has 0 fully saturated rings. The summed E-state index contributed by atoms with van der Waals surface area (Å²) in [7, 11) is 1.54. The Hall–Kier alpha value is -1.92. The fourth-order valence-corrected chi connectivity index (χ4v) is 1.16. The van der Waals surface area contributed by atoms with Crippen molar-refractivity contribution in [1.82, 2.24) is 25.6 Å². The molecular formula is C9H15N5O2. The third-order valence-corrected chi connectivity index (χ3v) is 1.81. The molecule has 2 N–H and O–H groups in total. The van der Waals surface area contributed by atoms with Gasteiger partial charge >= 0.3 is 0 Å². The van der Waals surface area contributed by atoms with Gasteiger partial charge in [-0.3, -0.25) is 9.59 Å². The maximum absolute atomic E-state index is 11.7. The molecule has 1 aromatic heterocycles. The van der Waals surface area contributed by atoms with Gasteiger partial charge in [0.05, 0.1) is 12.7 Å². The molecular weight excluding hydrogens is 210 g/mol. The van der Waals surface area contributed by atoms with Gasteiger partial charge < -0.3 is 10.2 Å². The molecule has 0 atom stereocenters. The second-order valence-corrected chi connectivity index (χ2v) is 3.74. The molecule has 88 valence electrons. The third kappa shape index (κ3) is 3.34. The third-order valence-electron chi connectivity index (χ3n) is 1.81. The fourth-order valence-electron chi connectivity index (χ4n) is 1.16. The molecule has 0 aliphatic rings. The van der Waals surface area contributed by atoms with Gasteiger partial charge in [0.25, 0.3) is 5.91 Å².